The molecule has 0 aliphatic carbocycles. The summed E-state index contributed by atoms with van der Waals surface area (Å²) in [5.74, 6) is 0.0885. The molecular formula is C11H14BrNO. The molecule has 2 nitrogen and oxygen atoms in total. The fourth-order valence-electron chi connectivity index (χ4n) is 1.25. The Kier molecular flexibility index (Phi) is 4.29. The molecule has 1 atom stereocenters. The number of carbonyl (C=O) groups is 1. The van der Waals surface area contributed by atoms with E-state index in [1.807, 2.05) is 24.3 Å². The number of benzene rings is 1. The lowest BCUT2D eigenvalue weighted by Crippen LogP contribution is -2.10. The third-order valence-electron chi connectivity index (χ3n) is 2.17. The van der Waals surface area contributed by atoms with Gasteiger partial charge in [-0.05, 0) is 18.9 Å². The average molecular weight is 256 g/mol. The Hall–Kier alpha value is -0.670. The van der Waals surface area contributed by atoms with E-state index in [9.17, 15) is 4.79 Å². The maximum atomic E-state index is 11.0. The Bertz CT molecular complexity index is 308. The lowest BCUT2D eigenvalue weighted by molar-refractivity contribution is 0.101. The third kappa shape index (κ3) is 2.93. The second-order valence-electron chi connectivity index (χ2n) is 3.26. The minimum absolute atomic E-state index is 0.0513. The van der Waals surface area contributed by atoms with E-state index in [4.69, 9.17) is 5.73 Å². The zero-order valence-electron chi connectivity index (χ0n) is 8.16. The first-order chi connectivity index (χ1) is 6.65. The van der Waals surface area contributed by atoms with Gasteiger partial charge in [-0.1, -0.05) is 40.2 Å². The number of Topliss-reactive ketones (excluding diaryl/α,β-unsaturated/α-hetero) is 1. The van der Waals surface area contributed by atoms with Gasteiger partial charge in [0.05, 0.1) is 0 Å². The minimum atomic E-state index is 0.0513. The first-order valence-corrected chi connectivity index (χ1v) is 5.69. The van der Waals surface area contributed by atoms with Crippen molar-refractivity contribution in [3.8, 4) is 0 Å². The fourth-order valence-corrected chi connectivity index (χ4v) is 1.74. The van der Waals surface area contributed by atoms with Gasteiger partial charge in [-0.3, -0.25) is 4.79 Å². The Morgan fingerprint density at radius 2 is 2.00 bits per heavy atom. The zero-order valence-corrected chi connectivity index (χ0v) is 9.75. The molecule has 0 aliphatic rings. The van der Waals surface area contributed by atoms with Gasteiger partial charge in [-0.2, -0.15) is 0 Å². The second kappa shape index (κ2) is 5.27. The van der Waals surface area contributed by atoms with Crippen molar-refractivity contribution in [2.45, 2.75) is 19.4 Å². The number of hydrogen-bond acceptors (Lipinski definition) is 2. The van der Waals surface area contributed by atoms with Crippen molar-refractivity contribution in [2.75, 3.05) is 5.33 Å². The summed E-state index contributed by atoms with van der Waals surface area (Å²) in [5, 5.41) is 0.891. The molecule has 3 heteroatoms. The van der Waals surface area contributed by atoms with Crippen LogP contribution in [0.25, 0.3) is 0 Å². The van der Waals surface area contributed by atoms with Gasteiger partial charge in [0.15, 0.2) is 5.78 Å². The highest BCUT2D eigenvalue weighted by molar-refractivity contribution is 9.09. The molecule has 0 amide bonds. The van der Waals surface area contributed by atoms with Crippen LogP contribution in [-0.4, -0.2) is 11.1 Å². The number of halogens is 1. The molecule has 0 aliphatic heterocycles. The number of nitrogens with two attached hydrogens (primary N) is 1. The van der Waals surface area contributed by atoms with Crippen LogP contribution < -0.4 is 5.73 Å². The molecule has 0 saturated heterocycles. The summed E-state index contributed by atoms with van der Waals surface area (Å²) >= 11 is 3.35. The fraction of sp³-hybridized carbons (Fsp3) is 0.364. The molecular weight excluding hydrogens is 242 g/mol. The molecule has 2 N–H and O–H groups in total. The van der Waals surface area contributed by atoms with Crippen LogP contribution in [0.2, 0.25) is 0 Å². The van der Waals surface area contributed by atoms with E-state index in [-0.39, 0.29) is 11.8 Å². The monoisotopic (exact) mass is 255 g/mol. The van der Waals surface area contributed by atoms with Crippen LogP contribution in [0.3, 0.4) is 0 Å². The van der Waals surface area contributed by atoms with Crippen LogP contribution in [0.5, 0.6) is 0 Å². The third-order valence-corrected chi connectivity index (χ3v) is 2.62. The molecule has 0 saturated carbocycles. The highest BCUT2D eigenvalue weighted by atomic mass is 79.9. The van der Waals surface area contributed by atoms with Crippen LogP contribution in [0, 0.1) is 0 Å². The molecule has 1 rings (SSSR count). The van der Waals surface area contributed by atoms with Crippen molar-refractivity contribution in [1.82, 2.24) is 0 Å². The smallest absolute Gasteiger partial charge is 0.159 e. The molecule has 1 unspecified atom stereocenters. The highest BCUT2D eigenvalue weighted by Crippen LogP contribution is 2.15. The molecule has 1 aromatic carbocycles. The normalized spacial score (nSPS) is 12.5. The van der Waals surface area contributed by atoms with Gasteiger partial charge in [0.1, 0.15) is 0 Å². The molecule has 14 heavy (non-hydrogen) atoms. The van der Waals surface area contributed by atoms with Gasteiger partial charge in [-0.25, -0.2) is 0 Å². The highest BCUT2D eigenvalue weighted by Gasteiger charge is 2.05. The van der Waals surface area contributed by atoms with Gasteiger partial charge in [0, 0.05) is 16.9 Å². The predicted octanol–water partition coefficient (Wildman–Crippen LogP) is 2.67. The first-order valence-electron chi connectivity index (χ1n) is 4.57. The van der Waals surface area contributed by atoms with Crippen molar-refractivity contribution in [3.05, 3.63) is 35.4 Å². The van der Waals surface area contributed by atoms with Crippen LogP contribution >= 0.6 is 15.9 Å². The molecule has 0 bridgehead atoms. The summed E-state index contributed by atoms with van der Waals surface area (Å²) in [6.07, 6.45) is 0.902. The number of alkyl halides is 1. The molecule has 1 aromatic rings. The van der Waals surface area contributed by atoms with Crippen LogP contribution in [0.1, 0.15) is 35.3 Å². The van der Waals surface area contributed by atoms with E-state index >= 15 is 0 Å². The maximum Gasteiger partial charge on any atom is 0.159 e. The van der Waals surface area contributed by atoms with Crippen molar-refractivity contribution in [2.24, 2.45) is 5.73 Å². The summed E-state index contributed by atoms with van der Waals surface area (Å²) < 4.78 is 0. The number of rotatable bonds is 4. The summed E-state index contributed by atoms with van der Waals surface area (Å²) in [6, 6.07) is 7.54. The first kappa shape index (κ1) is 11.4. The van der Waals surface area contributed by atoms with E-state index in [1.165, 1.54) is 0 Å². The molecule has 76 valence electrons. The van der Waals surface area contributed by atoms with Gasteiger partial charge >= 0.3 is 0 Å². The van der Waals surface area contributed by atoms with Crippen molar-refractivity contribution < 1.29 is 4.79 Å². The Morgan fingerprint density at radius 3 is 2.43 bits per heavy atom. The lowest BCUT2D eigenvalue weighted by Gasteiger charge is -2.10. The Labute approximate surface area is 92.6 Å². The standard InChI is InChI=1S/C11H14BrNO/c1-8(14)9-2-4-10(5-3-9)11(13)6-7-12/h2-5,11H,6-7,13H2,1H3. The summed E-state index contributed by atoms with van der Waals surface area (Å²) in [6.45, 7) is 1.56. The van der Waals surface area contributed by atoms with E-state index in [0.29, 0.717) is 0 Å². The molecule has 0 fully saturated rings. The number of hydrogen-bond donors (Lipinski definition) is 1. The SMILES string of the molecule is CC(=O)c1ccc(C(N)CCBr)cc1. The predicted molar refractivity (Wildman–Crippen MR) is 61.8 cm³/mol. The van der Waals surface area contributed by atoms with E-state index in [2.05, 4.69) is 15.9 Å². The summed E-state index contributed by atoms with van der Waals surface area (Å²) in [7, 11) is 0. The summed E-state index contributed by atoms with van der Waals surface area (Å²) in [5.41, 5.74) is 7.73. The second-order valence-corrected chi connectivity index (χ2v) is 4.06. The van der Waals surface area contributed by atoms with Crippen molar-refractivity contribution >= 4 is 21.7 Å². The number of carbonyl (C=O) groups excluding carboxylic acids is 1. The molecule has 0 radical (unpaired) electrons. The molecule has 0 aromatic heterocycles. The Morgan fingerprint density at radius 1 is 1.43 bits per heavy atom. The van der Waals surface area contributed by atoms with E-state index < -0.39 is 0 Å². The van der Waals surface area contributed by atoms with Gasteiger partial charge in [-0.15, -0.1) is 0 Å². The lowest BCUT2D eigenvalue weighted by atomic mass is 10.0. The summed E-state index contributed by atoms with van der Waals surface area (Å²) in [4.78, 5) is 11.0. The minimum Gasteiger partial charge on any atom is -0.324 e. The topological polar surface area (TPSA) is 43.1 Å². The molecule has 0 spiro atoms. The van der Waals surface area contributed by atoms with Crippen molar-refractivity contribution in [3.63, 3.8) is 0 Å². The van der Waals surface area contributed by atoms with Crippen LogP contribution in [0.4, 0.5) is 0 Å². The Balaban J connectivity index is 2.77. The van der Waals surface area contributed by atoms with Crippen LogP contribution in [-0.2, 0) is 0 Å². The van der Waals surface area contributed by atoms with E-state index in [0.717, 1.165) is 22.9 Å². The van der Waals surface area contributed by atoms with Gasteiger partial charge < -0.3 is 5.73 Å². The van der Waals surface area contributed by atoms with Crippen LogP contribution in [0.15, 0.2) is 24.3 Å². The van der Waals surface area contributed by atoms with E-state index in [1.54, 1.807) is 6.92 Å². The zero-order chi connectivity index (χ0) is 10.6. The van der Waals surface area contributed by atoms with Gasteiger partial charge in [0.2, 0.25) is 0 Å². The van der Waals surface area contributed by atoms with Crippen molar-refractivity contribution in [1.29, 1.82) is 0 Å². The largest absolute Gasteiger partial charge is 0.324 e. The van der Waals surface area contributed by atoms with Gasteiger partial charge in [0.25, 0.3) is 0 Å². The molecule has 0 heterocycles. The quantitative estimate of drug-likeness (QED) is 0.664. The maximum absolute atomic E-state index is 11.0. The average Bonchev–Trinajstić information content (AvgIpc) is 2.18. The number of ketones is 1.